The predicted molar refractivity (Wildman–Crippen MR) is 79.5 cm³/mol. The van der Waals surface area contributed by atoms with Crippen molar-refractivity contribution in [1.29, 1.82) is 0 Å². The van der Waals surface area contributed by atoms with Gasteiger partial charge in [0.15, 0.2) is 0 Å². The smallest absolute Gasteiger partial charge is 0.123 e. The molecule has 96 valence electrons. The van der Waals surface area contributed by atoms with Gasteiger partial charge in [0.1, 0.15) is 5.82 Å². The van der Waals surface area contributed by atoms with E-state index in [1.807, 2.05) is 16.8 Å². The Kier molecular flexibility index (Phi) is 4.54. The fraction of sp³-hybridized carbons (Fsp3) is 0.286. The van der Waals surface area contributed by atoms with Crippen molar-refractivity contribution in [1.82, 2.24) is 5.32 Å². The third-order valence-electron chi connectivity index (χ3n) is 2.90. The highest BCUT2D eigenvalue weighted by Crippen LogP contribution is 2.36. The standard InChI is InChI=1S/C14H15BrFNS/c1-3-17-9(2)11-5-4-10(16)6-12(11)13-7-18-8-14(13)15/h4-9,17H,3H2,1-2H3. The highest BCUT2D eigenvalue weighted by Gasteiger charge is 2.14. The second kappa shape index (κ2) is 5.95. The van der Waals surface area contributed by atoms with Gasteiger partial charge in [-0.25, -0.2) is 4.39 Å². The Hall–Kier alpha value is -0.710. The first kappa shape index (κ1) is 13.7. The molecule has 0 aliphatic heterocycles. The Morgan fingerprint density at radius 3 is 2.72 bits per heavy atom. The molecule has 0 fully saturated rings. The Morgan fingerprint density at radius 2 is 2.11 bits per heavy atom. The van der Waals surface area contributed by atoms with E-state index in [2.05, 4.69) is 35.1 Å². The highest BCUT2D eigenvalue weighted by atomic mass is 79.9. The first-order valence-corrected chi connectivity index (χ1v) is 7.62. The number of hydrogen-bond donors (Lipinski definition) is 1. The van der Waals surface area contributed by atoms with Crippen molar-refractivity contribution >= 4 is 27.3 Å². The molecule has 1 nitrogen and oxygen atoms in total. The van der Waals surface area contributed by atoms with Crippen LogP contribution in [0.15, 0.2) is 33.4 Å². The van der Waals surface area contributed by atoms with Crippen molar-refractivity contribution in [3.05, 3.63) is 44.8 Å². The quantitative estimate of drug-likeness (QED) is 0.834. The molecule has 0 aliphatic carbocycles. The highest BCUT2D eigenvalue weighted by molar-refractivity contribution is 9.10. The van der Waals surface area contributed by atoms with Crippen molar-refractivity contribution < 1.29 is 4.39 Å². The molecule has 0 saturated carbocycles. The molecule has 1 aromatic carbocycles. The summed E-state index contributed by atoms with van der Waals surface area (Å²) in [7, 11) is 0. The van der Waals surface area contributed by atoms with Crippen molar-refractivity contribution in [3.8, 4) is 11.1 Å². The van der Waals surface area contributed by atoms with E-state index in [1.165, 1.54) is 6.07 Å². The second-order valence-electron chi connectivity index (χ2n) is 4.14. The molecule has 1 heterocycles. The zero-order valence-electron chi connectivity index (χ0n) is 10.3. The van der Waals surface area contributed by atoms with Gasteiger partial charge in [0.25, 0.3) is 0 Å². The van der Waals surface area contributed by atoms with Gasteiger partial charge < -0.3 is 5.32 Å². The molecule has 0 bridgehead atoms. The third kappa shape index (κ3) is 2.82. The van der Waals surface area contributed by atoms with Crippen LogP contribution in [0.5, 0.6) is 0 Å². The van der Waals surface area contributed by atoms with E-state index in [1.54, 1.807) is 17.4 Å². The summed E-state index contributed by atoms with van der Waals surface area (Å²) in [6.07, 6.45) is 0. The first-order chi connectivity index (χ1) is 8.63. The Labute approximate surface area is 119 Å². The van der Waals surface area contributed by atoms with Crippen LogP contribution in [-0.2, 0) is 0 Å². The van der Waals surface area contributed by atoms with Crippen LogP contribution < -0.4 is 5.32 Å². The summed E-state index contributed by atoms with van der Waals surface area (Å²) >= 11 is 5.13. The molecule has 1 aromatic heterocycles. The van der Waals surface area contributed by atoms with Crippen LogP contribution in [0.1, 0.15) is 25.5 Å². The summed E-state index contributed by atoms with van der Waals surface area (Å²) in [5.74, 6) is -0.199. The molecule has 4 heteroatoms. The van der Waals surface area contributed by atoms with E-state index in [0.717, 1.165) is 27.7 Å². The summed E-state index contributed by atoms with van der Waals surface area (Å²) in [6.45, 7) is 5.06. The molecule has 1 atom stereocenters. The number of thiophene rings is 1. The number of nitrogens with one attached hydrogen (secondary N) is 1. The molecule has 2 aromatic rings. The molecule has 18 heavy (non-hydrogen) atoms. The fourth-order valence-electron chi connectivity index (χ4n) is 2.03. The second-order valence-corrected chi connectivity index (χ2v) is 5.74. The lowest BCUT2D eigenvalue weighted by atomic mass is 9.97. The van der Waals surface area contributed by atoms with Gasteiger partial charge in [-0.05, 0) is 58.0 Å². The first-order valence-electron chi connectivity index (χ1n) is 5.88. The Morgan fingerprint density at radius 1 is 1.33 bits per heavy atom. The van der Waals surface area contributed by atoms with E-state index in [4.69, 9.17) is 0 Å². The van der Waals surface area contributed by atoms with Gasteiger partial charge in [0.05, 0.1) is 0 Å². The molecule has 0 spiro atoms. The normalized spacial score (nSPS) is 12.7. The van der Waals surface area contributed by atoms with E-state index in [0.29, 0.717) is 0 Å². The lowest BCUT2D eigenvalue weighted by Gasteiger charge is -2.17. The Balaban J connectivity index is 2.51. The molecule has 0 saturated heterocycles. The lowest BCUT2D eigenvalue weighted by molar-refractivity contribution is 0.593. The van der Waals surface area contributed by atoms with Gasteiger partial charge in [-0.15, -0.1) is 0 Å². The minimum atomic E-state index is -0.199. The maximum Gasteiger partial charge on any atom is 0.123 e. The molecular weight excluding hydrogens is 313 g/mol. The maximum absolute atomic E-state index is 13.5. The van der Waals surface area contributed by atoms with Gasteiger partial charge in [-0.2, -0.15) is 11.3 Å². The minimum absolute atomic E-state index is 0.199. The zero-order valence-corrected chi connectivity index (χ0v) is 12.7. The van der Waals surface area contributed by atoms with Crippen LogP contribution in [0.25, 0.3) is 11.1 Å². The van der Waals surface area contributed by atoms with Gasteiger partial charge >= 0.3 is 0 Å². The van der Waals surface area contributed by atoms with Crippen molar-refractivity contribution in [3.63, 3.8) is 0 Å². The van der Waals surface area contributed by atoms with Crippen molar-refractivity contribution in [2.24, 2.45) is 0 Å². The average molecular weight is 328 g/mol. The van der Waals surface area contributed by atoms with E-state index in [-0.39, 0.29) is 11.9 Å². The maximum atomic E-state index is 13.5. The number of hydrogen-bond acceptors (Lipinski definition) is 2. The molecule has 0 radical (unpaired) electrons. The van der Waals surface area contributed by atoms with Crippen LogP contribution in [0, 0.1) is 5.82 Å². The van der Waals surface area contributed by atoms with Crippen LogP contribution in [0.3, 0.4) is 0 Å². The fourth-order valence-corrected chi connectivity index (χ4v) is 3.54. The van der Waals surface area contributed by atoms with Crippen LogP contribution >= 0.6 is 27.3 Å². The van der Waals surface area contributed by atoms with Gasteiger partial charge in [-0.1, -0.05) is 13.0 Å². The van der Waals surface area contributed by atoms with Gasteiger partial charge in [-0.3, -0.25) is 0 Å². The topological polar surface area (TPSA) is 12.0 Å². The molecule has 0 amide bonds. The largest absolute Gasteiger partial charge is 0.310 e. The summed E-state index contributed by atoms with van der Waals surface area (Å²) in [6, 6.07) is 5.20. The molecule has 0 aliphatic rings. The molecule has 1 unspecified atom stereocenters. The summed E-state index contributed by atoms with van der Waals surface area (Å²) in [5.41, 5.74) is 3.13. The van der Waals surface area contributed by atoms with Crippen molar-refractivity contribution in [2.45, 2.75) is 19.9 Å². The lowest BCUT2D eigenvalue weighted by Crippen LogP contribution is -2.18. The molecule has 2 rings (SSSR count). The number of benzene rings is 1. The van der Waals surface area contributed by atoms with Crippen LogP contribution in [-0.4, -0.2) is 6.54 Å². The number of halogens is 2. The monoisotopic (exact) mass is 327 g/mol. The summed E-state index contributed by atoms with van der Waals surface area (Å²) < 4.78 is 14.5. The van der Waals surface area contributed by atoms with Crippen LogP contribution in [0.4, 0.5) is 4.39 Å². The molecule has 1 N–H and O–H groups in total. The van der Waals surface area contributed by atoms with Gasteiger partial charge in [0.2, 0.25) is 0 Å². The zero-order chi connectivity index (χ0) is 13.1. The average Bonchev–Trinajstić information content (AvgIpc) is 2.75. The third-order valence-corrected chi connectivity index (χ3v) is 4.60. The number of rotatable bonds is 4. The van der Waals surface area contributed by atoms with Gasteiger partial charge in [0, 0.05) is 21.5 Å². The summed E-state index contributed by atoms with van der Waals surface area (Å²) in [4.78, 5) is 0. The SMILES string of the molecule is CCNC(C)c1ccc(F)cc1-c1cscc1Br. The van der Waals surface area contributed by atoms with E-state index < -0.39 is 0 Å². The molecular formula is C14H15BrFNS. The minimum Gasteiger partial charge on any atom is -0.310 e. The summed E-state index contributed by atoms with van der Waals surface area (Å²) in [5, 5.41) is 7.43. The predicted octanol–water partition coefficient (Wildman–Crippen LogP) is 4.99. The van der Waals surface area contributed by atoms with E-state index >= 15 is 0 Å². The Bertz CT molecular complexity index is 538. The van der Waals surface area contributed by atoms with Crippen LogP contribution in [0.2, 0.25) is 0 Å². The van der Waals surface area contributed by atoms with E-state index in [9.17, 15) is 4.39 Å². The van der Waals surface area contributed by atoms with Crippen molar-refractivity contribution in [2.75, 3.05) is 6.54 Å².